The van der Waals surface area contributed by atoms with E-state index in [0.29, 0.717) is 5.15 Å². The van der Waals surface area contributed by atoms with Crippen LogP contribution in [0, 0.1) is 0 Å². The van der Waals surface area contributed by atoms with E-state index in [9.17, 15) is 0 Å². The van der Waals surface area contributed by atoms with E-state index in [1.165, 1.54) is 29.5 Å². The minimum absolute atomic E-state index is 0.597. The predicted octanol–water partition coefficient (Wildman–Crippen LogP) is 4.31. The monoisotopic (exact) mass is 283 g/mol. The zero-order valence-corrected chi connectivity index (χ0v) is 11.6. The Hall–Kier alpha value is -1.13. The van der Waals surface area contributed by atoms with Crippen molar-refractivity contribution in [3.63, 3.8) is 0 Å². The van der Waals surface area contributed by atoms with Gasteiger partial charge in [0.1, 0.15) is 9.98 Å². The number of thiophene rings is 1. The molecule has 0 bridgehead atoms. The summed E-state index contributed by atoms with van der Waals surface area (Å²) in [5.74, 6) is -0.0343. The molecule has 0 spiro atoms. The van der Waals surface area contributed by atoms with Crippen LogP contribution in [0.2, 0.25) is 5.15 Å². The smallest absolute Gasteiger partial charge is 0.300 e. The highest BCUT2D eigenvalue weighted by molar-refractivity contribution is 7.18. The molecule has 0 atom stereocenters. The normalized spacial score (nSPS) is 14.8. The van der Waals surface area contributed by atoms with Gasteiger partial charge < -0.3 is 5.11 Å². The Kier molecular flexibility index (Phi) is 4.19. The standard InChI is InChI=1S/C11H10ClNS.C2H4O2/c12-10-5-4-8-6-9(7-2-1-3-7)14-11(8)13-10;1-2(3)4/h4-7H,1-3H2;1H3,(H,3,4). The lowest BCUT2D eigenvalue weighted by Crippen LogP contribution is -2.06. The molecule has 1 aliphatic rings. The number of carboxylic acid groups (broad SMARTS) is 1. The third kappa shape index (κ3) is 3.21. The molecule has 0 radical (unpaired) electrons. The van der Waals surface area contributed by atoms with Crippen molar-refractivity contribution in [3.05, 3.63) is 28.2 Å². The Morgan fingerprint density at radius 3 is 2.72 bits per heavy atom. The van der Waals surface area contributed by atoms with Crippen molar-refractivity contribution in [2.24, 2.45) is 0 Å². The Balaban J connectivity index is 0.000000267. The molecule has 0 aromatic carbocycles. The van der Waals surface area contributed by atoms with E-state index in [1.54, 1.807) is 11.3 Å². The van der Waals surface area contributed by atoms with Crippen molar-refractivity contribution in [2.75, 3.05) is 0 Å². The number of rotatable bonds is 1. The van der Waals surface area contributed by atoms with Crippen LogP contribution >= 0.6 is 22.9 Å². The molecule has 5 heteroatoms. The molecule has 1 aliphatic carbocycles. The maximum Gasteiger partial charge on any atom is 0.300 e. The highest BCUT2D eigenvalue weighted by atomic mass is 35.5. The quantitative estimate of drug-likeness (QED) is 0.794. The lowest BCUT2D eigenvalue weighted by atomic mass is 9.84. The van der Waals surface area contributed by atoms with Crippen LogP contribution in [-0.4, -0.2) is 16.1 Å². The summed E-state index contributed by atoms with van der Waals surface area (Å²) >= 11 is 7.65. The van der Waals surface area contributed by atoms with E-state index in [2.05, 4.69) is 17.1 Å². The summed E-state index contributed by atoms with van der Waals surface area (Å²) in [7, 11) is 0. The molecule has 1 saturated carbocycles. The minimum Gasteiger partial charge on any atom is -0.481 e. The summed E-state index contributed by atoms with van der Waals surface area (Å²) in [4.78, 5) is 15.9. The zero-order chi connectivity index (χ0) is 13.1. The van der Waals surface area contributed by atoms with Gasteiger partial charge in [-0.2, -0.15) is 0 Å². The first-order valence-electron chi connectivity index (χ1n) is 5.82. The highest BCUT2D eigenvalue weighted by Gasteiger charge is 2.21. The first kappa shape index (κ1) is 13.3. The molecule has 2 heterocycles. The molecule has 2 aromatic rings. The van der Waals surface area contributed by atoms with Crippen molar-refractivity contribution in [1.29, 1.82) is 0 Å². The second kappa shape index (κ2) is 5.67. The third-order valence-electron chi connectivity index (χ3n) is 2.88. The molecule has 1 N–H and O–H groups in total. The van der Waals surface area contributed by atoms with Crippen molar-refractivity contribution in [2.45, 2.75) is 32.1 Å². The molecular formula is C13H14ClNO2S. The van der Waals surface area contributed by atoms with Gasteiger partial charge in [0.15, 0.2) is 0 Å². The molecule has 2 aromatic heterocycles. The molecule has 0 unspecified atom stereocenters. The number of carboxylic acids is 1. The van der Waals surface area contributed by atoms with Gasteiger partial charge in [-0.15, -0.1) is 11.3 Å². The number of pyridine rings is 1. The van der Waals surface area contributed by atoms with Gasteiger partial charge in [0.2, 0.25) is 0 Å². The summed E-state index contributed by atoms with van der Waals surface area (Å²) in [5, 5.41) is 9.25. The van der Waals surface area contributed by atoms with Crippen LogP contribution in [0.5, 0.6) is 0 Å². The van der Waals surface area contributed by atoms with E-state index in [-0.39, 0.29) is 0 Å². The number of aromatic nitrogens is 1. The molecule has 96 valence electrons. The summed E-state index contributed by atoms with van der Waals surface area (Å²) in [6.45, 7) is 1.08. The van der Waals surface area contributed by atoms with E-state index in [4.69, 9.17) is 21.5 Å². The van der Waals surface area contributed by atoms with E-state index in [0.717, 1.165) is 17.7 Å². The predicted molar refractivity (Wildman–Crippen MR) is 74.5 cm³/mol. The van der Waals surface area contributed by atoms with Crippen molar-refractivity contribution in [3.8, 4) is 0 Å². The van der Waals surface area contributed by atoms with Gasteiger partial charge in [-0.05, 0) is 37.0 Å². The molecule has 0 aliphatic heterocycles. The average Bonchev–Trinajstić information content (AvgIpc) is 2.56. The molecule has 3 nitrogen and oxygen atoms in total. The molecule has 18 heavy (non-hydrogen) atoms. The third-order valence-corrected chi connectivity index (χ3v) is 4.29. The fraction of sp³-hybridized carbons (Fsp3) is 0.385. The zero-order valence-electron chi connectivity index (χ0n) is 10.0. The van der Waals surface area contributed by atoms with Crippen LogP contribution in [0.3, 0.4) is 0 Å². The van der Waals surface area contributed by atoms with Gasteiger partial charge in [0, 0.05) is 17.2 Å². The Labute approximate surface area is 114 Å². The van der Waals surface area contributed by atoms with Crippen molar-refractivity contribution < 1.29 is 9.90 Å². The van der Waals surface area contributed by atoms with Gasteiger partial charge in [-0.25, -0.2) is 4.98 Å². The maximum absolute atomic E-state index is 9.00. The number of fused-ring (bicyclic) bond motifs is 1. The highest BCUT2D eigenvalue weighted by Crippen LogP contribution is 2.41. The topological polar surface area (TPSA) is 50.2 Å². The Morgan fingerprint density at radius 1 is 1.50 bits per heavy atom. The van der Waals surface area contributed by atoms with Gasteiger partial charge in [-0.1, -0.05) is 18.0 Å². The van der Waals surface area contributed by atoms with Crippen LogP contribution in [-0.2, 0) is 4.79 Å². The Bertz CT molecular complexity index is 559. The lowest BCUT2D eigenvalue weighted by Gasteiger charge is -2.23. The van der Waals surface area contributed by atoms with E-state index < -0.39 is 5.97 Å². The fourth-order valence-electron chi connectivity index (χ4n) is 1.81. The summed E-state index contributed by atoms with van der Waals surface area (Å²) in [6.07, 6.45) is 4.08. The second-order valence-electron chi connectivity index (χ2n) is 4.32. The summed E-state index contributed by atoms with van der Waals surface area (Å²) < 4.78 is 0. The number of hydrogen-bond donors (Lipinski definition) is 1. The number of halogens is 1. The van der Waals surface area contributed by atoms with Crippen LogP contribution in [0.4, 0.5) is 0 Å². The number of carbonyl (C=O) groups is 1. The lowest BCUT2D eigenvalue weighted by molar-refractivity contribution is -0.134. The Morgan fingerprint density at radius 2 is 2.17 bits per heavy atom. The van der Waals surface area contributed by atoms with E-state index in [1.807, 2.05) is 6.07 Å². The SMILES string of the molecule is CC(=O)O.Clc1ccc2cc(C3CCC3)sc2n1. The number of nitrogens with zero attached hydrogens (tertiary/aromatic N) is 1. The largest absolute Gasteiger partial charge is 0.481 e. The van der Waals surface area contributed by atoms with Crippen LogP contribution in [0.25, 0.3) is 10.2 Å². The van der Waals surface area contributed by atoms with Gasteiger partial charge in [0.25, 0.3) is 5.97 Å². The van der Waals surface area contributed by atoms with Gasteiger partial charge in [0.05, 0.1) is 0 Å². The fourth-order valence-corrected chi connectivity index (χ4v) is 3.21. The molecule has 0 amide bonds. The van der Waals surface area contributed by atoms with Gasteiger partial charge in [-0.3, -0.25) is 4.79 Å². The molecule has 1 fully saturated rings. The summed E-state index contributed by atoms with van der Waals surface area (Å²) in [5.41, 5.74) is 0. The number of aliphatic carboxylic acids is 1. The molecular weight excluding hydrogens is 270 g/mol. The second-order valence-corrected chi connectivity index (χ2v) is 5.77. The van der Waals surface area contributed by atoms with Crippen molar-refractivity contribution >= 4 is 39.1 Å². The van der Waals surface area contributed by atoms with Crippen LogP contribution in [0.15, 0.2) is 18.2 Å². The molecule has 0 saturated heterocycles. The average molecular weight is 284 g/mol. The van der Waals surface area contributed by atoms with Crippen LogP contribution < -0.4 is 0 Å². The van der Waals surface area contributed by atoms with Crippen LogP contribution in [0.1, 0.15) is 37.0 Å². The molecule has 3 rings (SSSR count). The minimum atomic E-state index is -0.833. The van der Waals surface area contributed by atoms with Crippen molar-refractivity contribution in [1.82, 2.24) is 4.98 Å². The maximum atomic E-state index is 9.00. The number of hydrogen-bond acceptors (Lipinski definition) is 3. The van der Waals surface area contributed by atoms with Gasteiger partial charge >= 0.3 is 0 Å². The van der Waals surface area contributed by atoms with E-state index >= 15 is 0 Å². The first-order valence-corrected chi connectivity index (χ1v) is 7.01. The first-order chi connectivity index (χ1) is 8.56. The summed E-state index contributed by atoms with van der Waals surface area (Å²) in [6, 6.07) is 6.19.